The monoisotopic (exact) mass is 427 g/mol. The lowest BCUT2D eigenvalue weighted by Gasteiger charge is -2.56. The number of benzene rings is 1. The SMILES string of the molecule is O=C(CC12CC3CC(CC(C3)C1)C2)NCc1ccc(-c2ccc(Br)cc2)o1. The van der Waals surface area contributed by atoms with Crippen molar-refractivity contribution in [3.8, 4) is 11.3 Å². The van der Waals surface area contributed by atoms with Crippen molar-refractivity contribution >= 4 is 21.8 Å². The molecule has 4 fully saturated rings. The number of carbonyl (C=O) groups is 1. The summed E-state index contributed by atoms with van der Waals surface area (Å²) < 4.78 is 6.97. The van der Waals surface area contributed by atoms with Crippen LogP contribution in [0.2, 0.25) is 0 Å². The molecular formula is C23H26BrNO2. The molecule has 142 valence electrons. The first-order valence-corrected chi connectivity index (χ1v) is 11.0. The van der Waals surface area contributed by atoms with Gasteiger partial charge in [-0.25, -0.2) is 0 Å². The Labute approximate surface area is 169 Å². The molecule has 4 aliphatic carbocycles. The van der Waals surface area contributed by atoms with E-state index in [4.69, 9.17) is 4.42 Å². The van der Waals surface area contributed by atoms with Crippen molar-refractivity contribution in [1.82, 2.24) is 5.32 Å². The van der Waals surface area contributed by atoms with E-state index in [2.05, 4.69) is 21.2 Å². The van der Waals surface area contributed by atoms with Crippen molar-refractivity contribution in [2.45, 2.75) is 51.5 Å². The van der Waals surface area contributed by atoms with Crippen molar-refractivity contribution < 1.29 is 9.21 Å². The van der Waals surface area contributed by atoms with Crippen LogP contribution in [0.15, 0.2) is 45.3 Å². The topological polar surface area (TPSA) is 42.2 Å². The Morgan fingerprint density at radius 2 is 1.63 bits per heavy atom. The van der Waals surface area contributed by atoms with Crippen molar-refractivity contribution in [3.63, 3.8) is 0 Å². The molecule has 27 heavy (non-hydrogen) atoms. The van der Waals surface area contributed by atoms with Crippen molar-refractivity contribution in [2.75, 3.05) is 0 Å². The number of hydrogen-bond donors (Lipinski definition) is 1. The lowest BCUT2D eigenvalue weighted by Crippen LogP contribution is -2.47. The van der Waals surface area contributed by atoms with Gasteiger partial charge in [0, 0.05) is 16.5 Å². The zero-order chi connectivity index (χ0) is 18.4. The highest BCUT2D eigenvalue weighted by Crippen LogP contribution is 2.61. The fourth-order valence-electron chi connectivity index (χ4n) is 6.34. The van der Waals surface area contributed by atoms with E-state index in [1.165, 1.54) is 38.5 Å². The van der Waals surface area contributed by atoms with Gasteiger partial charge in [0.1, 0.15) is 11.5 Å². The van der Waals surface area contributed by atoms with Gasteiger partial charge in [0.25, 0.3) is 0 Å². The van der Waals surface area contributed by atoms with E-state index in [1.807, 2.05) is 36.4 Å². The van der Waals surface area contributed by atoms with Crippen LogP contribution in [-0.4, -0.2) is 5.91 Å². The van der Waals surface area contributed by atoms with E-state index >= 15 is 0 Å². The van der Waals surface area contributed by atoms with E-state index in [0.717, 1.165) is 39.3 Å². The third-order valence-corrected chi connectivity index (χ3v) is 7.48. The summed E-state index contributed by atoms with van der Waals surface area (Å²) in [6.45, 7) is 0.474. The standard InChI is InChI=1S/C23H26BrNO2/c24-19-3-1-18(2-4-19)21-6-5-20(27-21)14-25-22(26)13-23-10-15-7-16(11-23)9-17(8-15)12-23/h1-6,15-17H,7-14H2,(H,25,26). The summed E-state index contributed by atoms with van der Waals surface area (Å²) in [5, 5.41) is 3.11. The molecule has 1 amide bonds. The zero-order valence-electron chi connectivity index (χ0n) is 15.5. The molecule has 2 aromatic rings. The summed E-state index contributed by atoms with van der Waals surface area (Å²) >= 11 is 3.45. The number of halogens is 1. The van der Waals surface area contributed by atoms with Gasteiger partial charge >= 0.3 is 0 Å². The average molecular weight is 428 g/mol. The minimum absolute atomic E-state index is 0.193. The molecular weight excluding hydrogens is 402 g/mol. The summed E-state index contributed by atoms with van der Waals surface area (Å²) in [6, 6.07) is 12.0. The van der Waals surface area contributed by atoms with E-state index in [-0.39, 0.29) is 5.91 Å². The summed E-state index contributed by atoms with van der Waals surface area (Å²) in [5.74, 6) is 4.52. The molecule has 1 heterocycles. The lowest BCUT2D eigenvalue weighted by atomic mass is 9.49. The van der Waals surface area contributed by atoms with Gasteiger partial charge in [0.15, 0.2) is 0 Å². The molecule has 0 radical (unpaired) electrons. The molecule has 0 atom stereocenters. The summed E-state index contributed by atoms with van der Waals surface area (Å²) in [5.41, 5.74) is 1.34. The summed E-state index contributed by atoms with van der Waals surface area (Å²) in [6.07, 6.45) is 8.81. The Hall–Kier alpha value is -1.55. The maximum atomic E-state index is 12.7. The Morgan fingerprint density at radius 3 is 2.26 bits per heavy atom. The van der Waals surface area contributed by atoms with Crippen LogP contribution in [0, 0.1) is 23.2 Å². The molecule has 1 N–H and O–H groups in total. The average Bonchev–Trinajstić information content (AvgIpc) is 3.08. The van der Waals surface area contributed by atoms with Gasteiger partial charge in [-0.2, -0.15) is 0 Å². The van der Waals surface area contributed by atoms with Gasteiger partial charge in [0.2, 0.25) is 5.91 Å². The summed E-state index contributed by atoms with van der Waals surface area (Å²) in [7, 11) is 0. The number of hydrogen-bond acceptors (Lipinski definition) is 2. The highest BCUT2D eigenvalue weighted by Gasteiger charge is 2.51. The highest BCUT2D eigenvalue weighted by molar-refractivity contribution is 9.10. The molecule has 4 heteroatoms. The molecule has 4 bridgehead atoms. The second kappa shape index (κ2) is 6.80. The van der Waals surface area contributed by atoms with Gasteiger partial charge in [-0.1, -0.05) is 28.1 Å². The largest absolute Gasteiger partial charge is 0.459 e. The molecule has 4 aliphatic rings. The quantitative estimate of drug-likeness (QED) is 0.641. The fraction of sp³-hybridized carbons (Fsp3) is 0.522. The first-order chi connectivity index (χ1) is 13.1. The Kier molecular flexibility index (Phi) is 4.42. The Bertz CT molecular complexity index is 803. The molecule has 1 aromatic carbocycles. The van der Waals surface area contributed by atoms with E-state index < -0.39 is 0 Å². The molecule has 0 saturated heterocycles. The lowest BCUT2D eigenvalue weighted by molar-refractivity contribution is -0.129. The fourth-order valence-corrected chi connectivity index (χ4v) is 6.60. The smallest absolute Gasteiger partial charge is 0.220 e. The van der Waals surface area contributed by atoms with Gasteiger partial charge in [-0.3, -0.25) is 4.79 Å². The predicted molar refractivity (Wildman–Crippen MR) is 109 cm³/mol. The van der Waals surface area contributed by atoms with Gasteiger partial charge in [0.05, 0.1) is 6.54 Å². The Morgan fingerprint density at radius 1 is 1.00 bits per heavy atom. The highest BCUT2D eigenvalue weighted by atomic mass is 79.9. The van der Waals surface area contributed by atoms with Gasteiger partial charge in [-0.15, -0.1) is 0 Å². The second-order valence-electron chi connectivity index (χ2n) is 9.14. The van der Waals surface area contributed by atoms with Crippen molar-refractivity contribution in [3.05, 3.63) is 46.6 Å². The number of rotatable bonds is 5. The molecule has 1 aromatic heterocycles. The summed E-state index contributed by atoms with van der Waals surface area (Å²) in [4.78, 5) is 12.7. The molecule has 4 saturated carbocycles. The van der Waals surface area contributed by atoms with Gasteiger partial charge in [-0.05, 0) is 86.0 Å². The van der Waals surface area contributed by atoms with E-state index in [1.54, 1.807) is 0 Å². The van der Waals surface area contributed by atoms with Crippen LogP contribution in [0.4, 0.5) is 0 Å². The van der Waals surface area contributed by atoms with Crippen LogP contribution in [0.1, 0.15) is 50.7 Å². The van der Waals surface area contributed by atoms with Crippen LogP contribution < -0.4 is 5.32 Å². The maximum Gasteiger partial charge on any atom is 0.220 e. The van der Waals surface area contributed by atoms with Crippen LogP contribution in [0.5, 0.6) is 0 Å². The zero-order valence-corrected chi connectivity index (χ0v) is 17.1. The van der Waals surface area contributed by atoms with Crippen LogP contribution >= 0.6 is 15.9 Å². The van der Waals surface area contributed by atoms with Crippen molar-refractivity contribution in [1.29, 1.82) is 0 Å². The molecule has 3 nitrogen and oxygen atoms in total. The number of amides is 1. The molecule has 0 unspecified atom stereocenters. The third kappa shape index (κ3) is 3.61. The van der Waals surface area contributed by atoms with Crippen LogP contribution in [-0.2, 0) is 11.3 Å². The molecule has 0 aliphatic heterocycles. The molecule has 0 spiro atoms. The van der Waals surface area contributed by atoms with Gasteiger partial charge < -0.3 is 9.73 Å². The minimum atomic E-state index is 0.193. The number of carbonyl (C=O) groups excluding carboxylic acids is 1. The third-order valence-electron chi connectivity index (χ3n) is 6.95. The first kappa shape index (κ1) is 17.5. The minimum Gasteiger partial charge on any atom is -0.459 e. The predicted octanol–water partition coefficient (Wildman–Crippen LogP) is 5.93. The van der Waals surface area contributed by atoms with E-state index in [9.17, 15) is 4.79 Å². The number of nitrogens with one attached hydrogen (secondary N) is 1. The maximum absolute atomic E-state index is 12.7. The number of furan rings is 1. The molecule has 6 rings (SSSR count). The van der Waals surface area contributed by atoms with Crippen molar-refractivity contribution in [2.24, 2.45) is 23.2 Å². The van der Waals surface area contributed by atoms with Crippen LogP contribution in [0.3, 0.4) is 0 Å². The van der Waals surface area contributed by atoms with Crippen LogP contribution in [0.25, 0.3) is 11.3 Å². The van der Waals surface area contributed by atoms with E-state index in [0.29, 0.717) is 18.4 Å². The second-order valence-corrected chi connectivity index (χ2v) is 10.1. The normalized spacial score (nSPS) is 31.2. The first-order valence-electron chi connectivity index (χ1n) is 10.2. The Balaban J connectivity index is 1.19.